The minimum atomic E-state index is 0.523. The molecule has 0 unspecified atom stereocenters. The first kappa shape index (κ1) is 16.0. The van der Waals surface area contributed by atoms with Crippen molar-refractivity contribution in [2.75, 3.05) is 6.54 Å². The van der Waals surface area contributed by atoms with Crippen LogP contribution in [0.15, 0.2) is 41.5 Å². The van der Waals surface area contributed by atoms with E-state index in [0.717, 1.165) is 16.7 Å². The summed E-state index contributed by atoms with van der Waals surface area (Å²) in [5.41, 5.74) is 13.8. The second-order valence-electron chi connectivity index (χ2n) is 5.66. The van der Waals surface area contributed by atoms with Gasteiger partial charge >= 0.3 is 0 Å². The third kappa shape index (κ3) is 3.27. The lowest BCUT2D eigenvalue weighted by Crippen LogP contribution is -2.24. The van der Waals surface area contributed by atoms with E-state index >= 15 is 0 Å². The van der Waals surface area contributed by atoms with Crippen LogP contribution in [0.25, 0.3) is 5.70 Å². The molecule has 1 saturated carbocycles. The van der Waals surface area contributed by atoms with Crippen molar-refractivity contribution in [3.8, 4) is 0 Å². The standard InChI is InChI=1S/C18H24N4/c1-5-9-21-18(22-20-4)17-11-15(13(3)19)12(2)10-16(17)14-7-6-8-14/h5,10-11,14H,1,3-4,6-9,19H2,2H3,(H,21,22). The highest BCUT2D eigenvalue weighted by atomic mass is 15.3. The Kier molecular flexibility index (Phi) is 5.15. The van der Waals surface area contributed by atoms with Gasteiger partial charge in [-0.05, 0) is 42.9 Å². The van der Waals surface area contributed by atoms with Gasteiger partial charge in [-0.25, -0.2) is 0 Å². The van der Waals surface area contributed by atoms with Gasteiger partial charge in [0.1, 0.15) is 5.84 Å². The molecular formula is C18H24N4. The summed E-state index contributed by atoms with van der Waals surface area (Å²) in [6.45, 7) is 13.7. The van der Waals surface area contributed by atoms with E-state index in [1.807, 2.05) is 0 Å². The van der Waals surface area contributed by atoms with Crippen molar-refractivity contribution in [3.63, 3.8) is 0 Å². The zero-order valence-electron chi connectivity index (χ0n) is 13.2. The molecule has 0 amide bonds. The number of nitrogens with zero attached hydrogens (tertiary/aromatic N) is 2. The second kappa shape index (κ2) is 7.07. The minimum absolute atomic E-state index is 0.523. The SMILES string of the molecule is C=CCN=C(NN=C)c1cc(C(=C)N)c(C)cc1C1CCC1. The Balaban J connectivity index is 2.57. The summed E-state index contributed by atoms with van der Waals surface area (Å²) in [4.78, 5) is 4.52. The van der Waals surface area contributed by atoms with E-state index in [2.05, 4.69) is 54.5 Å². The maximum Gasteiger partial charge on any atom is 0.149 e. The quantitative estimate of drug-likeness (QED) is 0.366. The molecule has 0 bridgehead atoms. The van der Waals surface area contributed by atoms with Crippen molar-refractivity contribution in [1.82, 2.24) is 5.43 Å². The molecule has 0 saturated heterocycles. The molecule has 4 nitrogen and oxygen atoms in total. The smallest absolute Gasteiger partial charge is 0.149 e. The van der Waals surface area contributed by atoms with Crippen LogP contribution in [-0.4, -0.2) is 19.1 Å². The van der Waals surface area contributed by atoms with Gasteiger partial charge in [0, 0.05) is 23.5 Å². The second-order valence-corrected chi connectivity index (χ2v) is 5.66. The molecule has 0 aliphatic heterocycles. The maximum atomic E-state index is 5.92. The first-order chi connectivity index (χ1) is 10.6. The van der Waals surface area contributed by atoms with Crippen LogP contribution < -0.4 is 11.2 Å². The largest absolute Gasteiger partial charge is 0.399 e. The number of amidine groups is 1. The predicted molar refractivity (Wildman–Crippen MR) is 95.3 cm³/mol. The number of aliphatic imine (C=N–C) groups is 1. The number of rotatable bonds is 6. The highest BCUT2D eigenvalue weighted by Gasteiger charge is 2.25. The Labute approximate surface area is 132 Å². The van der Waals surface area contributed by atoms with Crippen LogP contribution in [-0.2, 0) is 0 Å². The molecule has 0 radical (unpaired) electrons. The van der Waals surface area contributed by atoms with Crippen LogP contribution in [0.5, 0.6) is 0 Å². The van der Waals surface area contributed by atoms with Crippen LogP contribution in [0.2, 0.25) is 0 Å². The Hall–Kier alpha value is -2.36. The van der Waals surface area contributed by atoms with E-state index < -0.39 is 0 Å². The zero-order valence-corrected chi connectivity index (χ0v) is 13.2. The zero-order chi connectivity index (χ0) is 16.1. The van der Waals surface area contributed by atoms with Gasteiger partial charge in [-0.3, -0.25) is 10.4 Å². The number of hydrogen-bond donors (Lipinski definition) is 2. The summed E-state index contributed by atoms with van der Waals surface area (Å²) in [7, 11) is 0. The highest BCUT2D eigenvalue weighted by molar-refractivity contribution is 6.01. The molecule has 1 fully saturated rings. The van der Waals surface area contributed by atoms with Crippen LogP contribution in [0.4, 0.5) is 0 Å². The van der Waals surface area contributed by atoms with E-state index in [-0.39, 0.29) is 0 Å². The number of nitrogens with one attached hydrogen (secondary N) is 1. The van der Waals surface area contributed by atoms with E-state index in [1.54, 1.807) is 6.08 Å². The lowest BCUT2D eigenvalue weighted by atomic mass is 9.77. The first-order valence-electron chi connectivity index (χ1n) is 7.55. The normalized spacial score (nSPS) is 15.0. The summed E-state index contributed by atoms with van der Waals surface area (Å²) in [5, 5.41) is 3.79. The monoisotopic (exact) mass is 296 g/mol. The van der Waals surface area contributed by atoms with E-state index in [0.29, 0.717) is 24.0 Å². The summed E-state index contributed by atoms with van der Waals surface area (Å²) < 4.78 is 0. The molecule has 0 aromatic heterocycles. The molecule has 1 aliphatic rings. The molecule has 1 aromatic carbocycles. The maximum absolute atomic E-state index is 5.92. The average molecular weight is 296 g/mol. The number of hydrogen-bond acceptors (Lipinski definition) is 3. The van der Waals surface area contributed by atoms with Crippen molar-refractivity contribution < 1.29 is 0 Å². The average Bonchev–Trinajstić information content (AvgIpc) is 2.42. The number of nitrogens with two attached hydrogens (primary N) is 1. The van der Waals surface area contributed by atoms with E-state index in [4.69, 9.17) is 5.73 Å². The van der Waals surface area contributed by atoms with Gasteiger partial charge in [0.05, 0.1) is 6.54 Å². The molecule has 116 valence electrons. The summed E-state index contributed by atoms with van der Waals surface area (Å²) >= 11 is 0. The van der Waals surface area contributed by atoms with Crippen LogP contribution in [0.1, 0.15) is 47.4 Å². The third-order valence-corrected chi connectivity index (χ3v) is 4.11. The van der Waals surface area contributed by atoms with Crippen LogP contribution >= 0.6 is 0 Å². The number of aryl methyl sites for hydroxylation is 1. The summed E-state index contributed by atoms with van der Waals surface area (Å²) in [6, 6.07) is 4.27. The lowest BCUT2D eigenvalue weighted by molar-refractivity contribution is 0.419. The van der Waals surface area contributed by atoms with E-state index in [1.165, 1.54) is 24.8 Å². The Morgan fingerprint density at radius 3 is 2.64 bits per heavy atom. The van der Waals surface area contributed by atoms with E-state index in [9.17, 15) is 0 Å². The van der Waals surface area contributed by atoms with Gasteiger partial charge < -0.3 is 5.73 Å². The van der Waals surface area contributed by atoms with Crippen molar-refractivity contribution in [2.45, 2.75) is 32.1 Å². The van der Waals surface area contributed by atoms with Crippen molar-refractivity contribution in [3.05, 3.63) is 53.6 Å². The van der Waals surface area contributed by atoms with Gasteiger partial charge in [-0.15, -0.1) is 6.58 Å². The molecule has 2 rings (SSSR count). The Bertz CT molecular complexity index is 624. The van der Waals surface area contributed by atoms with Crippen molar-refractivity contribution in [1.29, 1.82) is 0 Å². The van der Waals surface area contributed by atoms with Gasteiger partial charge in [0.25, 0.3) is 0 Å². The van der Waals surface area contributed by atoms with Gasteiger partial charge in [-0.1, -0.05) is 25.1 Å². The summed E-state index contributed by atoms with van der Waals surface area (Å²) in [5.74, 6) is 1.29. The predicted octanol–water partition coefficient (Wildman–Crippen LogP) is 3.33. The Morgan fingerprint density at radius 1 is 1.41 bits per heavy atom. The molecule has 1 aromatic rings. The van der Waals surface area contributed by atoms with Crippen molar-refractivity contribution >= 4 is 18.3 Å². The molecule has 4 heteroatoms. The molecule has 0 atom stereocenters. The number of benzene rings is 1. The minimum Gasteiger partial charge on any atom is -0.399 e. The Morgan fingerprint density at radius 2 is 2.14 bits per heavy atom. The van der Waals surface area contributed by atoms with Gasteiger partial charge in [0.2, 0.25) is 0 Å². The van der Waals surface area contributed by atoms with Crippen molar-refractivity contribution in [2.24, 2.45) is 15.8 Å². The molecule has 1 aliphatic carbocycles. The fraction of sp³-hybridized carbons (Fsp3) is 0.333. The summed E-state index contributed by atoms with van der Waals surface area (Å²) in [6.07, 6.45) is 5.46. The number of hydrazone groups is 1. The van der Waals surface area contributed by atoms with Crippen LogP contribution in [0.3, 0.4) is 0 Å². The fourth-order valence-corrected chi connectivity index (χ4v) is 2.75. The fourth-order valence-electron chi connectivity index (χ4n) is 2.75. The molecule has 3 N–H and O–H groups in total. The van der Waals surface area contributed by atoms with Crippen LogP contribution in [0, 0.1) is 6.92 Å². The van der Waals surface area contributed by atoms with Gasteiger partial charge in [0.15, 0.2) is 0 Å². The third-order valence-electron chi connectivity index (χ3n) is 4.11. The highest BCUT2D eigenvalue weighted by Crippen LogP contribution is 2.39. The topological polar surface area (TPSA) is 62.8 Å². The van der Waals surface area contributed by atoms with Gasteiger partial charge in [-0.2, -0.15) is 5.10 Å². The molecule has 22 heavy (non-hydrogen) atoms. The molecule has 0 spiro atoms. The molecular weight excluding hydrogens is 272 g/mol. The first-order valence-corrected chi connectivity index (χ1v) is 7.55. The molecule has 0 heterocycles. The lowest BCUT2D eigenvalue weighted by Gasteiger charge is -2.29.